The summed E-state index contributed by atoms with van der Waals surface area (Å²) in [5.41, 5.74) is -0.443. The van der Waals surface area contributed by atoms with Crippen LogP contribution < -0.4 is 10.6 Å². The minimum Gasteiger partial charge on any atom is -0.444 e. The highest BCUT2D eigenvalue weighted by molar-refractivity contribution is 5.68. The Kier molecular flexibility index (Phi) is 7.67. The molecule has 4 heteroatoms. The Bertz CT molecular complexity index is 338. The van der Waals surface area contributed by atoms with E-state index in [1.807, 2.05) is 20.8 Å². The monoisotopic (exact) mass is 312 g/mol. The fraction of sp³-hybridized carbons (Fsp3) is 0.944. The van der Waals surface area contributed by atoms with Gasteiger partial charge in [0.15, 0.2) is 0 Å². The first kappa shape index (κ1) is 19.3. The van der Waals surface area contributed by atoms with Crippen molar-refractivity contribution in [3.63, 3.8) is 0 Å². The van der Waals surface area contributed by atoms with Gasteiger partial charge in [0.25, 0.3) is 0 Å². The average Bonchev–Trinajstić information content (AvgIpc) is 2.61. The van der Waals surface area contributed by atoms with E-state index in [4.69, 9.17) is 4.74 Å². The average molecular weight is 312 g/mol. The molecular formula is C18H36N2O2. The number of amides is 1. The van der Waals surface area contributed by atoms with Crippen molar-refractivity contribution in [1.82, 2.24) is 10.6 Å². The molecular weight excluding hydrogens is 276 g/mol. The van der Waals surface area contributed by atoms with Crippen molar-refractivity contribution in [3.8, 4) is 0 Å². The van der Waals surface area contributed by atoms with Crippen LogP contribution in [0.5, 0.6) is 0 Å². The summed E-state index contributed by atoms with van der Waals surface area (Å²) in [6.07, 6.45) is 6.70. The molecule has 4 atom stereocenters. The third-order valence-electron chi connectivity index (χ3n) is 4.69. The van der Waals surface area contributed by atoms with Gasteiger partial charge in [0.2, 0.25) is 0 Å². The zero-order chi connectivity index (χ0) is 16.8. The van der Waals surface area contributed by atoms with Crippen LogP contribution in [0.4, 0.5) is 4.79 Å². The van der Waals surface area contributed by atoms with Crippen LogP contribution in [0.3, 0.4) is 0 Å². The first-order chi connectivity index (χ1) is 10.2. The standard InChI is InChI=1S/C18H36N2O2/c1-7-13(2)14(3)19-15-11-9-8-10-12-16(15)20-17(21)22-18(4,5)6/h13-16,19H,7-12H2,1-6H3,(H,20,21). The van der Waals surface area contributed by atoms with Crippen molar-refractivity contribution in [2.45, 2.75) is 104 Å². The largest absolute Gasteiger partial charge is 0.444 e. The molecule has 1 saturated carbocycles. The lowest BCUT2D eigenvalue weighted by molar-refractivity contribution is 0.0487. The maximum atomic E-state index is 12.1. The number of carbonyl (C=O) groups is 1. The van der Waals surface area contributed by atoms with Gasteiger partial charge in [0.05, 0.1) is 0 Å². The minimum atomic E-state index is -0.443. The van der Waals surface area contributed by atoms with E-state index < -0.39 is 5.60 Å². The second kappa shape index (κ2) is 8.76. The lowest BCUT2D eigenvalue weighted by atomic mass is 9.96. The molecule has 0 aromatic rings. The van der Waals surface area contributed by atoms with E-state index in [1.165, 1.54) is 25.7 Å². The zero-order valence-corrected chi connectivity index (χ0v) is 15.4. The van der Waals surface area contributed by atoms with E-state index in [1.54, 1.807) is 0 Å². The van der Waals surface area contributed by atoms with Gasteiger partial charge in [-0.15, -0.1) is 0 Å². The molecule has 0 aromatic carbocycles. The Balaban J connectivity index is 2.63. The van der Waals surface area contributed by atoms with Gasteiger partial charge in [-0.25, -0.2) is 4.79 Å². The van der Waals surface area contributed by atoms with Crippen LogP contribution in [-0.2, 0) is 4.74 Å². The van der Waals surface area contributed by atoms with E-state index in [9.17, 15) is 4.79 Å². The van der Waals surface area contributed by atoms with E-state index in [2.05, 4.69) is 31.4 Å². The normalized spacial score (nSPS) is 25.9. The zero-order valence-electron chi connectivity index (χ0n) is 15.4. The maximum Gasteiger partial charge on any atom is 0.407 e. The van der Waals surface area contributed by atoms with Crippen molar-refractivity contribution in [1.29, 1.82) is 0 Å². The number of nitrogens with one attached hydrogen (secondary N) is 2. The lowest BCUT2D eigenvalue weighted by Gasteiger charge is -2.32. The number of alkyl carbamates (subject to hydrolysis) is 1. The molecule has 1 rings (SSSR count). The molecule has 4 unspecified atom stereocenters. The molecule has 130 valence electrons. The van der Waals surface area contributed by atoms with Crippen LogP contribution in [0.1, 0.15) is 80.1 Å². The highest BCUT2D eigenvalue weighted by atomic mass is 16.6. The van der Waals surface area contributed by atoms with E-state index in [0.29, 0.717) is 18.0 Å². The summed E-state index contributed by atoms with van der Waals surface area (Å²) in [6.45, 7) is 12.5. The van der Waals surface area contributed by atoms with Crippen LogP contribution in [-0.4, -0.2) is 29.8 Å². The van der Waals surface area contributed by atoms with Crippen molar-refractivity contribution in [2.24, 2.45) is 5.92 Å². The summed E-state index contributed by atoms with van der Waals surface area (Å²) >= 11 is 0. The molecule has 0 aromatic heterocycles. The molecule has 22 heavy (non-hydrogen) atoms. The molecule has 0 spiro atoms. The second-order valence-electron chi connectivity index (χ2n) is 7.84. The summed E-state index contributed by atoms with van der Waals surface area (Å²) in [6, 6.07) is 0.985. The van der Waals surface area contributed by atoms with Crippen LogP contribution >= 0.6 is 0 Å². The highest BCUT2D eigenvalue weighted by Crippen LogP contribution is 2.21. The molecule has 0 aliphatic heterocycles. The van der Waals surface area contributed by atoms with Gasteiger partial charge in [-0.05, 0) is 46.5 Å². The Morgan fingerprint density at radius 1 is 1.14 bits per heavy atom. The fourth-order valence-electron chi connectivity index (χ4n) is 2.99. The SMILES string of the molecule is CCC(C)C(C)NC1CCCCCC1NC(=O)OC(C)(C)C. The van der Waals surface area contributed by atoms with Gasteiger partial charge in [0, 0.05) is 18.1 Å². The second-order valence-corrected chi connectivity index (χ2v) is 7.84. The third kappa shape index (κ3) is 6.99. The minimum absolute atomic E-state index is 0.170. The molecule has 1 aliphatic carbocycles. The summed E-state index contributed by atoms with van der Waals surface area (Å²) in [5.74, 6) is 0.644. The molecule has 0 bridgehead atoms. The topological polar surface area (TPSA) is 50.4 Å². The van der Waals surface area contributed by atoms with E-state index in [-0.39, 0.29) is 12.1 Å². The molecule has 1 amide bonds. The first-order valence-corrected chi connectivity index (χ1v) is 8.98. The highest BCUT2D eigenvalue weighted by Gasteiger charge is 2.28. The van der Waals surface area contributed by atoms with Crippen LogP contribution in [0.2, 0.25) is 0 Å². The lowest BCUT2D eigenvalue weighted by Crippen LogP contribution is -2.53. The summed E-state index contributed by atoms with van der Waals surface area (Å²) < 4.78 is 5.43. The number of hydrogen-bond acceptors (Lipinski definition) is 3. The van der Waals surface area contributed by atoms with Gasteiger partial charge < -0.3 is 15.4 Å². The molecule has 1 aliphatic rings. The maximum absolute atomic E-state index is 12.1. The Labute approximate surface area is 136 Å². The molecule has 0 heterocycles. The first-order valence-electron chi connectivity index (χ1n) is 8.98. The van der Waals surface area contributed by atoms with Gasteiger partial charge in [-0.2, -0.15) is 0 Å². The fourth-order valence-corrected chi connectivity index (χ4v) is 2.99. The predicted octanol–water partition coefficient (Wildman–Crippen LogP) is 4.24. The number of ether oxygens (including phenoxy) is 1. The number of carbonyl (C=O) groups excluding carboxylic acids is 1. The van der Waals surface area contributed by atoms with Crippen LogP contribution in [0, 0.1) is 5.92 Å². The molecule has 4 nitrogen and oxygen atoms in total. The third-order valence-corrected chi connectivity index (χ3v) is 4.69. The van der Waals surface area contributed by atoms with E-state index in [0.717, 1.165) is 12.8 Å². The Morgan fingerprint density at radius 2 is 1.73 bits per heavy atom. The Morgan fingerprint density at radius 3 is 2.27 bits per heavy atom. The molecule has 2 N–H and O–H groups in total. The van der Waals surface area contributed by atoms with Crippen molar-refractivity contribution < 1.29 is 9.53 Å². The molecule has 0 radical (unpaired) electrons. The number of hydrogen-bond donors (Lipinski definition) is 2. The van der Waals surface area contributed by atoms with Crippen LogP contribution in [0.15, 0.2) is 0 Å². The van der Waals surface area contributed by atoms with Gasteiger partial charge in [0.1, 0.15) is 5.60 Å². The van der Waals surface area contributed by atoms with Gasteiger partial charge >= 0.3 is 6.09 Å². The van der Waals surface area contributed by atoms with Gasteiger partial charge in [-0.1, -0.05) is 39.5 Å². The summed E-state index contributed by atoms with van der Waals surface area (Å²) in [5, 5.41) is 6.86. The number of rotatable bonds is 5. The smallest absolute Gasteiger partial charge is 0.407 e. The Hall–Kier alpha value is -0.770. The van der Waals surface area contributed by atoms with Gasteiger partial charge in [-0.3, -0.25) is 0 Å². The molecule has 1 fully saturated rings. The molecule has 0 saturated heterocycles. The van der Waals surface area contributed by atoms with E-state index >= 15 is 0 Å². The van der Waals surface area contributed by atoms with Crippen LogP contribution in [0.25, 0.3) is 0 Å². The summed E-state index contributed by atoms with van der Waals surface area (Å²) in [7, 11) is 0. The predicted molar refractivity (Wildman–Crippen MR) is 92.1 cm³/mol. The quantitative estimate of drug-likeness (QED) is 0.747. The summed E-state index contributed by atoms with van der Waals surface area (Å²) in [4.78, 5) is 12.1. The van der Waals surface area contributed by atoms with Crippen molar-refractivity contribution in [2.75, 3.05) is 0 Å². The van der Waals surface area contributed by atoms with Crippen molar-refractivity contribution >= 4 is 6.09 Å². The van der Waals surface area contributed by atoms with Crippen molar-refractivity contribution in [3.05, 3.63) is 0 Å².